The van der Waals surface area contributed by atoms with Crippen molar-refractivity contribution in [2.24, 2.45) is 0 Å². The van der Waals surface area contributed by atoms with Crippen LogP contribution in [0.4, 0.5) is 0 Å². The number of aliphatic hydroxyl groups excluding tert-OH is 1. The van der Waals surface area contributed by atoms with Crippen molar-refractivity contribution >= 4 is 12.9 Å². The quantitative estimate of drug-likeness (QED) is 0.729. The van der Waals surface area contributed by atoms with Gasteiger partial charge in [-0.2, -0.15) is 0 Å². The zero-order chi connectivity index (χ0) is 12.0. The molecule has 1 unspecified atom stereocenters. The Kier molecular flexibility index (Phi) is 4.96. The molecular weight excluding hydrogens is 231 g/mol. The van der Waals surface area contributed by atoms with E-state index in [1.807, 2.05) is 0 Å². The summed E-state index contributed by atoms with van der Waals surface area (Å²) in [5.74, 6) is 0.536. The Morgan fingerprint density at radius 3 is 2.44 bits per heavy atom. The number of ether oxygens (including phenoxy) is 1. The number of aliphatic hydroxyl groups is 1. The molecule has 0 aliphatic rings. The van der Waals surface area contributed by atoms with Crippen molar-refractivity contribution in [3.63, 3.8) is 0 Å². The molecule has 0 spiro atoms. The largest absolute Gasteiger partial charge is 0.491 e. The molecule has 0 saturated carbocycles. The van der Waals surface area contributed by atoms with E-state index in [4.69, 9.17) is 14.4 Å². The molecule has 0 aromatic heterocycles. The molecule has 0 bridgehead atoms. The van der Waals surface area contributed by atoms with E-state index in [0.29, 0.717) is 5.75 Å². The van der Waals surface area contributed by atoms with Gasteiger partial charge in [0.05, 0.1) is 18.5 Å². The molecule has 1 rings (SSSR count). The van der Waals surface area contributed by atoms with E-state index in [1.165, 1.54) is 12.1 Å². The summed E-state index contributed by atoms with van der Waals surface area (Å²) in [5, 5.41) is 8.78. The SMILES string of the molecule is CCOP(=O)(O)c1ccc(OCCO)cc1. The maximum absolute atomic E-state index is 11.6. The Balaban J connectivity index is 2.74. The smallest absolute Gasteiger partial charge is 0.358 e. The molecule has 0 saturated heterocycles. The van der Waals surface area contributed by atoms with Gasteiger partial charge in [-0.15, -0.1) is 0 Å². The van der Waals surface area contributed by atoms with Gasteiger partial charge in [-0.3, -0.25) is 4.57 Å². The summed E-state index contributed by atoms with van der Waals surface area (Å²) >= 11 is 0. The van der Waals surface area contributed by atoms with Gasteiger partial charge in [-0.1, -0.05) is 0 Å². The highest BCUT2D eigenvalue weighted by Gasteiger charge is 2.21. The van der Waals surface area contributed by atoms with Crippen molar-refractivity contribution in [3.8, 4) is 5.75 Å². The predicted octanol–water partition coefficient (Wildman–Crippen LogP) is 0.905. The lowest BCUT2D eigenvalue weighted by atomic mass is 10.3. The molecule has 5 nitrogen and oxygen atoms in total. The summed E-state index contributed by atoms with van der Waals surface area (Å²) in [4.78, 5) is 9.51. The minimum Gasteiger partial charge on any atom is -0.491 e. The van der Waals surface area contributed by atoms with Crippen molar-refractivity contribution in [1.29, 1.82) is 0 Å². The molecular formula is C10H15O5P. The molecule has 16 heavy (non-hydrogen) atoms. The summed E-state index contributed by atoms with van der Waals surface area (Å²) < 4.78 is 21.5. The van der Waals surface area contributed by atoms with Gasteiger partial charge in [0.15, 0.2) is 0 Å². The topological polar surface area (TPSA) is 76.0 Å². The van der Waals surface area contributed by atoms with Crippen LogP contribution >= 0.6 is 7.60 Å². The van der Waals surface area contributed by atoms with Gasteiger partial charge >= 0.3 is 7.60 Å². The van der Waals surface area contributed by atoms with E-state index in [0.717, 1.165) is 0 Å². The highest BCUT2D eigenvalue weighted by atomic mass is 31.2. The minimum atomic E-state index is -3.70. The second kappa shape index (κ2) is 6.01. The molecule has 1 aromatic carbocycles. The lowest BCUT2D eigenvalue weighted by molar-refractivity contribution is 0.201. The highest BCUT2D eigenvalue weighted by molar-refractivity contribution is 7.61. The van der Waals surface area contributed by atoms with E-state index in [9.17, 15) is 9.46 Å². The Bertz CT molecular complexity index is 362. The summed E-state index contributed by atoms with van der Waals surface area (Å²) in [6, 6.07) is 6.08. The van der Waals surface area contributed by atoms with Crippen molar-refractivity contribution in [1.82, 2.24) is 0 Å². The maximum atomic E-state index is 11.6. The standard InChI is InChI=1S/C10H15O5P/c1-2-15-16(12,13)10-5-3-9(4-6-10)14-8-7-11/h3-6,11H,2,7-8H2,1H3,(H,12,13). The van der Waals surface area contributed by atoms with E-state index in [1.54, 1.807) is 19.1 Å². The zero-order valence-electron chi connectivity index (χ0n) is 9.00. The molecule has 0 heterocycles. The first-order chi connectivity index (χ1) is 7.60. The summed E-state index contributed by atoms with van der Waals surface area (Å²) in [6.45, 7) is 1.96. The second-order valence-corrected chi connectivity index (χ2v) is 4.82. The summed E-state index contributed by atoms with van der Waals surface area (Å²) in [7, 11) is -3.70. The van der Waals surface area contributed by atoms with Crippen LogP contribution in [0.15, 0.2) is 24.3 Å². The van der Waals surface area contributed by atoms with Gasteiger partial charge < -0.3 is 19.3 Å². The predicted molar refractivity (Wildman–Crippen MR) is 60.1 cm³/mol. The average Bonchev–Trinajstić information content (AvgIpc) is 2.27. The number of rotatable bonds is 6. The van der Waals surface area contributed by atoms with Crippen molar-refractivity contribution < 1.29 is 23.8 Å². The lowest BCUT2D eigenvalue weighted by Gasteiger charge is -2.11. The normalized spacial score (nSPS) is 14.4. The van der Waals surface area contributed by atoms with Crippen LogP contribution in [-0.2, 0) is 9.09 Å². The first kappa shape index (κ1) is 13.2. The van der Waals surface area contributed by atoms with Crippen LogP contribution in [0, 0.1) is 0 Å². The Morgan fingerprint density at radius 2 is 1.94 bits per heavy atom. The van der Waals surface area contributed by atoms with E-state index in [2.05, 4.69) is 0 Å². The van der Waals surface area contributed by atoms with Gasteiger partial charge in [0, 0.05) is 0 Å². The number of benzene rings is 1. The van der Waals surface area contributed by atoms with Crippen LogP contribution in [0.1, 0.15) is 6.92 Å². The third-order valence-corrected chi connectivity index (χ3v) is 3.39. The molecule has 0 aliphatic carbocycles. The third-order valence-electron chi connectivity index (χ3n) is 1.83. The molecule has 0 radical (unpaired) electrons. The average molecular weight is 246 g/mol. The van der Waals surface area contributed by atoms with E-state index < -0.39 is 7.60 Å². The fourth-order valence-corrected chi connectivity index (χ4v) is 2.17. The molecule has 6 heteroatoms. The first-order valence-electron chi connectivity index (χ1n) is 4.91. The maximum Gasteiger partial charge on any atom is 0.358 e. The van der Waals surface area contributed by atoms with Gasteiger partial charge in [0.1, 0.15) is 12.4 Å². The van der Waals surface area contributed by atoms with E-state index >= 15 is 0 Å². The van der Waals surface area contributed by atoms with Crippen LogP contribution in [0.3, 0.4) is 0 Å². The van der Waals surface area contributed by atoms with Crippen molar-refractivity contribution in [3.05, 3.63) is 24.3 Å². The summed E-state index contributed by atoms with van der Waals surface area (Å²) in [6.07, 6.45) is 0. The Labute approximate surface area is 94.2 Å². The summed E-state index contributed by atoms with van der Waals surface area (Å²) in [5.41, 5.74) is 0. The molecule has 90 valence electrons. The monoisotopic (exact) mass is 246 g/mol. The molecule has 0 aliphatic heterocycles. The van der Waals surface area contributed by atoms with Crippen LogP contribution in [0.2, 0.25) is 0 Å². The van der Waals surface area contributed by atoms with Crippen LogP contribution in [0.5, 0.6) is 5.75 Å². The number of hydrogen-bond donors (Lipinski definition) is 2. The van der Waals surface area contributed by atoms with Gasteiger partial charge in [-0.05, 0) is 31.2 Å². The first-order valence-corrected chi connectivity index (χ1v) is 6.49. The molecule has 0 fully saturated rings. The number of hydrogen-bond acceptors (Lipinski definition) is 4. The molecule has 1 aromatic rings. The molecule has 2 N–H and O–H groups in total. The van der Waals surface area contributed by atoms with Crippen LogP contribution < -0.4 is 10.0 Å². The molecule has 0 amide bonds. The van der Waals surface area contributed by atoms with Crippen molar-refractivity contribution in [2.45, 2.75) is 6.92 Å². The Hall–Kier alpha value is -0.870. The van der Waals surface area contributed by atoms with Crippen molar-refractivity contribution in [2.75, 3.05) is 19.8 Å². The third kappa shape index (κ3) is 3.61. The highest BCUT2D eigenvalue weighted by Crippen LogP contribution is 2.40. The van der Waals surface area contributed by atoms with Crippen LogP contribution in [-0.4, -0.2) is 29.8 Å². The van der Waals surface area contributed by atoms with Crippen LogP contribution in [0.25, 0.3) is 0 Å². The fourth-order valence-electron chi connectivity index (χ4n) is 1.14. The lowest BCUT2D eigenvalue weighted by Crippen LogP contribution is -2.07. The van der Waals surface area contributed by atoms with E-state index in [-0.39, 0.29) is 25.1 Å². The van der Waals surface area contributed by atoms with Gasteiger partial charge in [0.25, 0.3) is 0 Å². The minimum absolute atomic E-state index is 0.0702. The zero-order valence-corrected chi connectivity index (χ0v) is 9.89. The van der Waals surface area contributed by atoms with Gasteiger partial charge in [-0.25, -0.2) is 0 Å². The molecule has 1 atom stereocenters. The fraction of sp³-hybridized carbons (Fsp3) is 0.400. The Morgan fingerprint density at radius 1 is 1.31 bits per heavy atom. The second-order valence-electron chi connectivity index (χ2n) is 3.00. The van der Waals surface area contributed by atoms with Gasteiger partial charge in [0.2, 0.25) is 0 Å².